The van der Waals surface area contributed by atoms with E-state index in [2.05, 4.69) is 21.2 Å². The standard InChI is InChI=1S/C18H19BrN2O2/c19-14-8-6-13(7-9-14)18-15(4-3-5-16(18)22)20-12-17(23)21-10-1-2-11-21/h3-9,20,22H,1-2,10-12H2. The third kappa shape index (κ3) is 3.67. The Morgan fingerprint density at radius 1 is 1.13 bits per heavy atom. The summed E-state index contributed by atoms with van der Waals surface area (Å²) in [5.41, 5.74) is 2.39. The van der Waals surface area contributed by atoms with Gasteiger partial charge in [-0.1, -0.05) is 34.1 Å². The Balaban J connectivity index is 1.80. The Kier molecular flexibility index (Phi) is 4.86. The van der Waals surface area contributed by atoms with Gasteiger partial charge < -0.3 is 15.3 Å². The molecule has 0 aliphatic carbocycles. The number of rotatable bonds is 4. The molecular weight excluding hydrogens is 356 g/mol. The average Bonchev–Trinajstić information content (AvgIpc) is 3.08. The van der Waals surface area contributed by atoms with Crippen LogP contribution in [0.1, 0.15) is 12.8 Å². The van der Waals surface area contributed by atoms with E-state index in [4.69, 9.17) is 0 Å². The van der Waals surface area contributed by atoms with Crippen molar-refractivity contribution in [2.75, 3.05) is 25.0 Å². The number of benzene rings is 2. The number of hydrogen-bond acceptors (Lipinski definition) is 3. The van der Waals surface area contributed by atoms with Gasteiger partial charge >= 0.3 is 0 Å². The third-order valence-electron chi connectivity index (χ3n) is 4.06. The molecule has 2 N–H and O–H groups in total. The molecule has 2 aromatic carbocycles. The summed E-state index contributed by atoms with van der Waals surface area (Å²) in [7, 11) is 0. The highest BCUT2D eigenvalue weighted by Gasteiger charge is 2.18. The predicted molar refractivity (Wildman–Crippen MR) is 95.5 cm³/mol. The third-order valence-corrected chi connectivity index (χ3v) is 4.59. The Labute approximate surface area is 144 Å². The smallest absolute Gasteiger partial charge is 0.241 e. The van der Waals surface area contributed by atoms with Gasteiger partial charge in [0.2, 0.25) is 5.91 Å². The van der Waals surface area contributed by atoms with Crippen molar-refractivity contribution in [3.8, 4) is 16.9 Å². The Hall–Kier alpha value is -2.01. The Bertz CT molecular complexity index is 695. The largest absolute Gasteiger partial charge is 0.507 e. The highest BCUT2D eigenvalue weighted by Crippen LogP contribution is 2.36. The Morgan fingerprint density at radius 3 is 2.52 bits per heavy atom. The van der Waals surface area contributed by atoms with Crippen LogP contribution in [0.25, 0.3) is 11.1 Å². The molecule has 2 aromatic rings. The molecule has 1 amide bonds. The molecule has 0 spiro atoms. The number of nitrogens with one attached hydrogen (secondary N) is 1. The number of carbonyl (C=O) groups is 1. The molecule has 120 valence electrons. The summed E-state index contributed by atoms with van der Waals surface area (Å²) in [6.45, 7) is 1.94. The number of carbonyl (C=O) groups excluding carboxylic acids is 1. The molecule has 1 aliphatic heterocycles. The van der Waals surface area contributed by atoms with E-state index in [1.54, 1.807) is 12.1 Å². The van der Waals surface area contributed by atoms with E-state index >= 15 is 0 Å². The molecule has 0 unspecified atom stereocenters. The van der Waals surface area contributed by atoms with Crippen LogP contribution in [0, 0.1) is 0 Å². The van der Waals surface area contributed by atoms with Crippen LogP contribution in [0.3, 0.4) is 0 Å². The predicted octanol–water partition coefficient (Wildman–Crippen LogP) is 3.86. The number of phenolic OH excluding ortho intramolecular Hbond substituents is 1. The van der Waals surface area contributed by atoms with Gasteiger partial charge in [0.25, 0.3) is 0 Å². The summed E-state index contributed by atoms with van der Waals surface area (Å²) in [4.78, 5) is 14.1. The topological polar surface area (TPSA) is 52.6 Å². The molecule has 0 radical (unpaired) electrons. The molecule has 0 aromatic heterocycles. The van der Waals surface area contributed by atoms with Crippen molar-refractivity contribution in [2.24, 2.45) is 0 Å². The zero-order valence-electron chi connectivity index (χ0n) is 12.8. The van der Waals surface area contributed by atoms with Gasteiger partial charge in [-0.2, -0.15) is 0 Å². The van der Waals surface area contributed by atoms with Gasteiger partial charge in [0.1, 0.15) is 5.75 Å². The maximum Gasteiger partial charge on any atom is 0.241 e. The van der Waals surface area contributed by atoms with E-state index in [1.807, 2.05) is 35.2 Å². The molecule has 1 saturated heterocycles. The highest BCUT2D eigenvalue weighted by molar-refractivity contribution is 9.10. The number of aromatic hydroxyl groups is 1. The van der Waals surface area contributed by atoms with Crippen molar-refractivity contribution in [1.29, 1.82) is 0 Å². The summed E-state index contributed by atoms with van der Waals surface area (Å²) in [6.07, 6.45) is 2.17. The molecule has 0 saturated carbocycles. The van der Waals surface area contributed by atoms with Crippen LogP contribution in [0.5, 0.6) is 5.75 Å². The van der Waals surface area contributed by atoms with Crippen LogP contribution < -0.4 is 5.32 Å². The average molecular weight is 375 g/mol. The second kappa shape index (κ2) is 7.04. The summed E-state index contributed by atoms with van der Waals surface area (Å²) >= 11 is 3.41. The van der Waals surface area contributed by atoms with Crippen molar-refractivity contribution in [1.82, 2.24) is 4.90 Å². The van der Waals surface area contributed by atoms with E-state index in [9.17, 15) is 9.90 Å². The van der Waals surface area contributed by atoms with E-state index in [0.29, 0.717) is 5.56 Å². The molecule has 5 heteroatoms. The van der Waals surface area contributed by atoms with Gasteiger partial charge in [-0.05, 0) is 42.7 Å². The van der Waals surface area contributed by atoms with Crippen molar-refractivity contribution >= 4 is 27.5 Å². The summed E-state index contributed by atoms with van der Waals surface area (Å²) < 4.78 is 0.982. The molecule has 0 bridgehead atoms. The minimum atomic E-state index is 0.104. The van der Waals surface area contributed by atoms with Gasteiger partial charge in [0.05, 0.1) is 6.54 Å². The number of amides is 1. The lowest BCUT2D eigenvalue weighted by Gasteiger charge is -2.18. The van der Waals surface area contributed by atoms with Gasteiger partial charge in [-0.15, -0.1) is 0 Å². The lowest BCUT2D eigenvalue weighted by atomic mass is 10.0. The summed E-state index contributed by atoms with van der Waals surface area (Å²) in [5.74, 6) is 0.304. The molecule has 1 fully saturated rings. The van der Waals surface area contributed by atoms with Gasteiger partial charge in [-0.3, -0.25) is 4.79 Å². The number of hydrogen-bond donors (Lipinski definition) is 2. The number of halogens is 1. The molecule has 1 aliphatic rings. The quantitative estimate of drug-likeness (QED) is 0.854. The summed E-state index contributed by atoms with van der Waals surface area (Å²) in [5, 5.41) is 13.4. The normalized spacial score (nSPS) is 14.0. The van der Waals surface area contributed by atoms with Crippen molar-refractivity contribution in [3.63, 3.8) is 0 Å². The second-order valence-electron chi connectivity index (χ2n) is 5.65. The van der Waals surface area contributed by atoms with E-state index in [0.717, 1.165) is 41.7 Å². The highest BCUT2D eigenvalue weighted by atomic mass is 79.9. The van der Waals surface area contributed by atoms with Crippen molar-refractivity contribution < 1.29 is 9.90 Å². The fourth-order valence-electron chi connectivity index (χ4n) is 2.86. The van der Waals surface area contributed by atoms with Crippen LogP contribution in [-0.2, 0) is 4.79 Å². The van der Waals surface area contributed by atoms with Gasteiger partial charge in [-0.25, -0.2) is 0 Å². The number of likely N-dealkylation sites (tertiary alicyclic amines) is 1. The van der Waals surface area contributed by atoms with Crippen LogP contribution in [-0.4, -0.2) is 35.5 Å². The lowest BCUT2D eigenvalue weighted by Crippen LogP contribution is -2.33. The molecule has 4 nitrogen and oxygen atoms in total. The molecular formula is C18H19BrN2O2. The second-order valence-corrected chi connectivity index (χ2v) is 6.56. The molecule has 0 atom stereocenters. The zero-order valence-corrected chi connectivity index (χ0v) is 14.3. The zero-order chi connectivity index (χ0) is 16.2. The maximum atomic E-state index is 12.2. The first-order valence-electron chi connectivity index (χ1n) is 7.75. The number of phenols is 1. The first kappa shape index (κ1) is 15.9. The van der Waals surface area contributed by atoms with E-state index in [1.165, 1.54) is 0 Å². The first-order chi connectivity index (χ1) is 11.1. The van der Waals surface area contributed by atoms with Gasteiger partial charge in [0, 0.05) is 28.8 Å². The Morgan fingerprint density at radius 2 is 1.83 bits per heavy atom. The monoisotopic (exact) mass is 374 g/mol. The van der Waals surface area contributed by atoms with Crippen LogP contribution in [0.2, 0.25) is 0 Å². The molecule has 3 rings (SSSR count). The minimum Gasteiger partial charge on any atom is -0.507 e. The molecule has 23 heavy (non-hydrogen) atoms. The lowest BCUT2D eigenvalue weighted by molar-refractivity contribution is -0.128. The maximum absolute atomic E-state index is 12.2. The number of anilines is 1. The van der Waals surface area contributed by atoms with Crippen LogP contribution >= 0.6 is 15.9 Å². The van der Waals surface area contributed by atoms with E-state index < -0.39 is 0 Å². The minimum absolute atomic E-state index is 0.104. The van der Waals surface area contributed by atoms with Crippen LogP contribution in [0.15, 0.2) is 46.9 Å². The van der Waals surface area contributed by atoms with Crippen molar-refractivity contribution in [3.05, 3.63) is 46.9 Å². The fourth-order valence-corrected chi connectivity index (χ4v) is 3.12. The molecule has 1 heterocycles. The fraction of sp³-hybridized carbons (Fsp3) is 0.278. The first-order valence-corrected chi connectivity index (χ1v) is 8.54. The van der Waals surface area contributed by atoms with E-state index in [-0.39, 0.29) is 18.2 Å². The van der Waals surface area contributed by atoms with Crippen LogP contribution in [0.4, 0.5) is 5.69 Å². The SMILES string of the molecule is O=C(CNc1cccc(O)c1-c1ccc(Br)cc1)N1CCCC1. The van der Waals surface area contributed by atoms with Gasteiger partial charge in [0.15, 0.2) is 0 Å². The number of nitrogens with zero attached hydrogens (tertiary/aromatic N) is 1. The van der Waals surface area contributed by atoms with Crippen molar-refractivity contribution in [2.45, 2.75) is 12.8 Å². The summed E-state index contributed by atoms with van der Waals surface area (Å²) in [6, 6.07) is 13.1.